The molecule has 7 heteroatoms. The monoisotopic (exact) mass is 318 g/mol. The topological polar surface area (TPSA) is 89.3 Å². The number of amides is 1. The zero-order chi connectivity index (χ0) is 16.7. The number of carbonyl (C=O) groups is 1. The van der Waals surface area contributed by atoms with E-state index in [2.05, 4.69) is 27.7 Å². The van der Waals surface area contributed by atoms with Crippen molar-refractivity contribution in [3.8, 4) is 5.75 Å². The number of hydrogen-bond donors (Lipinski definition) is 2. The van der Waals surface area contributed by atoms with Gasteiger partial charge in [-0.3, -0.25) is 4.79 Å². The summed E-state index contributed by atoms with van der Waals surface area (Å²) in [7, 11) is 1.57. The van der Waals surface area contributed by atoms with Gasteiger partial charge in [0.15, 0.2) is 12.4 Å². The summed E-state index contributed by atoms with van der Waals surface area (Å²) in [5, 5.41) is 9.74. The molecule has 1 atom stereocenters. The van der Waals surface area contributed by atoms with E-state index in [-0.39, 0.29) is 18.6 Å². The van der Waals surface area contributed by atoms with E-state index in [1.807, 2.05) is 25.1 Å². The van der Waals surface area contributed by atoms with Gasteiger partial charge in [0.25, 0.3) is 5.91 Å². The maximum Gasteiger partial charge on any atom is 0.257 e. The van der Waals surface area contributed by atoms with Crippen LogP contribution >= 0.6 is 0 Å². The van der Waals surface area contributed by atoms with Crippen LogP contribution in [0, 0.1) is 0 Å². The highest BCUT2D eigenvalue weighted by molar-refractivity contribution is 5.77. The maximum atomic E-state index is 11.2. The molecule has 0 radical (unpaired) electrons. The van der Waals surface area contributed by atoms with Gasteiger partial charge in [0.1, 0.15) is 11.8 Å². The minimum atomic E-state index is -0.175. The van der Waals surface area contributed by atoms with Crippen LogP contribution in [0.15, 0.2) is 28.8 Å². The number of anilines is 1. The lowest BCUT2D eigenvalue weighted by Gasteiger charge is -2.12. The van der Waals surface area contributed by atoms with Crippen LogP contribution in [0.5, 0.6) is 5.75 Å². The molecule has 2 rings (SSSR count). The maximum absolute atomic E-state index is 11.2. The number of aryl methyl sites for hydroxylation is 1. The van der Waals surface area contributed by atoms with Gasteiger partial charge in [-0.1, -0.05) is 18.1 Å². The number of likely N-dealkylation sites (N-methyl/N-ethyl adjacent to an activating group) is 1. The summed E-state index contributed by atoms with van der Waals surface area (Å²) in [5.41, 5.74) is 0.849. The third kappa shape index (κ3) is 4.98. The Morgan fingerprint density at radius 2 is 2.26 bits per heavy atom. The first-order valence-corrected chi connectivity index (χ1v) is 7.64. The van der Waals surface area contributed by atoms with Gasteiger partial charge in [0, 0.05) is 25.2 Å². The molecular weight excluding hydrogens is 296 g/mol. The van der Waals surface area contributed by atoms with Crippen molar-refractivity contribution in [2.45, 2.75) is 32.7 Å². The molecule has 1 amide bonds. The Balaban J connectivity index is 1.97. The SMILES string of the molecule is CCCc1noc([C@@H](C)Nc2cccc(OCC(=O)NC)c2)n1. The Kier molecular flexibility index (Phi) is 5.96. The predicted molar refractivity (Wildman–Crippen MR) is 86.3 cm³/mol. The fraction of sp³-hybridized carbons (Fsp3) is 0.438. The molecule has 0 fully saturated rings. The van der Waals surface area contributed by atoms with Gasteiger partial charge in [0.05, 0.1) is 0 Å². The Bertz CT molecular complexity index is 642. The standard InChI is InChI=1S/C16H22N4O3/c1-4-6-14-19-16(23-20-14)11(2)18-12-7-5-8-13(9-12)22-10-15(21)17-3/h5,7-9,11,18H,4,6,10H2,1-3H3,(H,17,21)/t11-/m1/s1. The first-order chi connectivity index (χ1) is 11.1. The van der Waals surface area contributed by atoms with Crippen LogP contribution in [0.2, 0.25) is 0 Å². The lowest BCUT2D eigenvalue weighted by Crippen LogP contribution is -2.24. The van der Waals surface area contributed by atoms with Crippen molar-refractivity contribution in [2.75, 3.05) is 19.0 Å². The quantitative estimate of drug-likeness (QED) is 0.776. The van der Waals surface area contributed by atoms with Gasteiger partial charge < -0.3 is 19.9 Å². The zero-order valence-corrected chi connectivity index (χ0v) is 13.6. The number of carbonyl (C=O) groups excluding carboxylic acids is 1. The molecule has 0 aliphatic heterocycles. The van der Waals surface area contributed by atoms with Crippen LogP contribution in [0.3, 0.4) is 0 Å². The fourth-order valence-corrected chi connectivity index (χ4v) is 1.98. The molecule has 7 nitrogen and oxygen atoms in total. The molecule has 2 N–H and O–H groups in total. The number of hydrogen-bond acceptors (Lipinski definition) is 6. The molecule has 0 aliphatic rings. The number of nitrogens with zero attached hydrogens (tertiary/aromatic N) is 2. The van der Waals surface area contributed by atoms with Crippen molar-refractivity contribution in [2.24, 2.45) is 0 Å². The lowest BCUT2D eigenvalue weighted by atomic mass is 10.2. The number of benzene rings is 1. The van der Waals surface area contributed by atoms with E-state index in [1.165, 1.54) is 0 Å². The van der Waals surface area contributed by atoms with Crippen molar-refractivity contribution < 1.29 is 14.1 Å². The van der Waals surface area contributed by atoms with Crippen molar-refractivity contribution in [1.29, 1.82) is 0 Å². The van der Waals surface area contributed by atoms with Gasteiger partial charge in [-0.25, -0.2) is 0 Å². The highest BCUT2D eigenvalue weighted by Gasteiger charge is 2.14. The molecule has 23 heavy (non-hydrogen) atoms. The lowest BCUT2D eigenvalue weighted by molar-refractivity contribution is -0.122. The molecule has 124 valence electrons. The number of rotatable bonds is 8. The average Bonchev–Trinajstić information content (AvgIpc) is 3.02. The van der Waals surface area contributed by atoms with Crippen LogP contribution in [0.25, 0.3) is 0 Å². The van der Waals surface area contributed by atoms with Gasteiger partial charge in [0.2, 0.25) is 5.89 Å². The second-order valence-electron chi connectivity index (χ2n) is 5.15. The van der Waals surface area contributed by atoms with Gasteiger partial charge in [-0.15, -0.1) is 0 Å². The van der Waals surface area contributed by atoms with Crippen LogP contribution < -0.4 is 15.4 Å². The molecular formula is C16H22N4O3. The summed E-state index contributed by atoms with van der Waals surface area (Å²) in [6.45, 7) is 4.00. The summed E-state index contributed by atoms with van der Waals surface area (Å²) < 4.78 is 10.7. The minimum absolute atomic E-state index is 0.0143. The average molecular weight is 318 g/mol. The Morgan fingerprint density at radius 3 is 3.00 bits per heavy atom. The van der Waals surface area contributed by atoms with Gasteiger partial charge in [-0.2, -0.15) is 4.98 Å². The Hall–Kier alpha value is -2.57. The first-order valence-electron chi connectivity index (χ1n) is 7.64. The van der Waals surface area contributed by atoms with E-state index in [0.29, 0.717) is 11.6 Å². The summed E-state index contributed by atoms with van der Waals surface area (Å²) >= 11 is 0. The van der Waals surface area contributed by atoms with Crippen molar-refractivity contribution in [3.63, 3.8) is 0 Å². The van der Waals surface area contributed by atoms with E-state index in [4.69, 9.17) is 9.26 Å². The van der Waals surface area contributed by atoms with E-state index in [1.54, 1.807) is 13.1 Å². The van der Waals surface area contributed by atoms with Crippen molar-refractivity contribution >= 4 is 11.6 Å². The second-order valence-corrected chi connectivity index (χ2v) is 5.15. The zero-order valence-electron chi connectivity index (χ0n) is 13.6. The molecule has 0 aliphatic carbocycles. The van der Waals surface area contributed by atoms with Crippen LogP contribution in [-0.2, 0) is 11.2 Å². The van der Waals surface area contributed by atoms with Gasteiger partial charge >= 0.3 is 0 Å². The van der Waals surface area contributed by atoms with Crippen LogP contribution in [-0.4, -0.2) is 29.7 Å². The predicted octanol–water partition coefficient (Wildman–Crippen LogP) is 2.32. The Morgan fingerprint density at radius 1 is 1.43 bits per heavy atom. The molecule has 2 aromatic rings. The first kappa shape index (κ1) is 16.8. The highest BCUT2D eigenvalue weighted by Crippen LogP contribution is 2.22. The number of aromatic nitrogens is 2. The summed E-state index contributed by atoms with van der Waals surface area (Å²) in [5.74, 6) is 1.71. The largest absolute Gasteiger partial charge is 0.484 e. The fourth-order valence-electron chi connectivity index (χ4n) is 1.98. The Labute approximate surface area is 135 Å². The van der Waals surface area contributed by atoms with E-state index >= 15 is 0 Å². The van der Waals surface area contributed by atoms with Crippen molar-refractivity contribution in [1.82, 2.24) is 15.5 Å². The normalized spacial score (nSPS) is 11.8. The molecule has 0 unspecified atom stereocenters. The molecule has 0 spiro atoms. The van der Waals surface area contributed by atoms with Crippen LogP contribution in [0.4, 0.5) is 5.69 Å². The smallest absolute Gasteiger partial charge is 0.257 e. The highest BCUT2D eigenvalue weighted by atomic mass is 16.5. The number of ether oxygens (including phenoxy) is 1. The second kappa shape index (κ2) is 8.17. The summed E-state index contributed by atoms with van der Waals surface area (Å²) in [6.07, 6.45) is 1.78. The van der Waals surface area contributed by atoms with Gasteiger partial charge in [-0.05, 0) is 25.5 Å². The molecule has 1 aromatic carbocycles. The molecule has 1 heterocycles. The summed E-state index contributed by atoms with van der Waals surface area (Å²) in [4.78, 5) is 15.6. The van der Waals surface area contributed by atoms with Crippen molar-refractivity contribution in [3.05, 3.63) is 36.0 Å². The number of nitrogens with one attached hydrogen (secondary N) is 2. The minimum Gasteiger partial charge on any atom is -0.484 e. The van der Waals surface area contributed by atoms with E-state index < -0.39 is 0 Å². The third-order valence-corrected chi connectivity index (χ3v) is 3.19. The summed E-state index contributed by atoms with van der Waals surface area (Å²) in [6, 6.07) is 7.26. The molecule has 0 saturated carbocycles. The van der Waals surface area contributed by atoms with E-state index in [0.717, 1.165) is 24.4 Å². The third-order valence-electron chi connectivity index (χ3n) is 3.19. The molecule has 0 saturated heterocycles. The van der Waals surface area contributed by atoms with Crippen LogP contribution in [0.1, 0.15) is 38.0 Å². The molecule has 0 bridgehead atoms. The van der Waals surface area contributed by atoms with E-state index in [9.17, 15) is 4.79 Å². The molecule has 1 aromatic heterocycles.